The van der Waals surface area contributed by atoms with E-state index in [1.165, 1.54) is 48.5 Å². The fourth-order valence-corrected chi connectivity index (χ4v) is 5.43. The van der Waals surface area contributed by atoms with E-state index in [0.717, 1.165) is 40.8 Å². The highest BCUT2D eigenvalue weighted by molar-refractivity contribution is 7.99. The summed E-state index contributed by atoms with van der Waals surface area (Å²) in [4.78, 5) is 20.8. The average Bonchev–Trinajstić information content (AvgIpc) is 3.59. The van der Waals surface area contributed by atoms with Crippen LogP contribution in [0.15, 0.2) is 54.9 Å². The van der Waals surface area contributed by atoms with Gasteiger partial charge in [-0.2, -0.15) is 5.10 Å². The van der Waals surface area contributed by atoms with Gasteiger partial charge < -0.3 is 19.8 Å². The highest BCUT2D eigenvalue weighted by Crippen LogP contribution is 2.32. The maximum Gasteiger partial charge on any atom is 0.219 e. The number of aromatic amines is 1. The van der Waals surface area contributed by atoms with Gasteiger partial charge in [-0.05, 0) is 62.2 Å². The van der Waals surface area contributed by atoms with Crippen molar-refractivity contribution < 1.29 is 18.3 Å². The molecule has 2 aromatic carbocycles. The Morgan fingerprint density at radius 1 is 1.05 bits per heavy atom. The van der Waals surface area contributed by atoms with Crippen molar-refractivity contribution in [3.8, 4) is 17.3 Å². The molecule has 5 aromatic rings. The highest BCUT2D eigenvalue weighted by Gasteiger charge is 2.22. The number of nitrogens with one attached hydrogen (secondary N) is 1. The summed E-state index contributed by atoms with van der Waals surface area (Å²) in [6.45, 7) is 11.1. The van der Waals surface area contributed by atoms with E-state index >= 15 is 0 Å². The topological polar surface area (TPSA) is 102 Å². The number of H-pyrrole nitrogens is 1. The fourth-order valence-electron chi connectivity index (χ4n) is 4.78. The first-order chi connectivity index (χ1) is 21.1. The predicted molar refractivity (Wildman–Crippen MR) is 175 cm³/mol. The third kappa shape index (κ3) is 6.88. The second-order valence-electron chi connectivity index (χ2n) is 10.3. The number of nitrogens with zero attached hydrogens (tertiary/aromatic N) is 4. The molecule has 11 heteroatoms. The second kappa shape index (κ2) is 14.4. The molecule has 0 fully saturated rings. The molecule has 0 saturated carbocycles. The van der Waals surface area contributed by atoms with Crippen LogP contribution in [0.1, 0.15) is 67.2 Å². The molecular formula is C33H38F2N6O2S. The number of nitrogen functional groups attached to an aromatic ring is 1. The van der Waals surface area contributed by atoms with Crippen molar-refractivity contribution in [1.82, 2.24) is 19.7 Å². The van der Waals surface area contributed by atoms with Crippen molar-refractivity contribution in [2.75, 3.05) is 22.8 Å². The lowest BCUT2D eigenvalue weighted by atomic mass is 10.1. The lowest BCUT2D eigenvalue weighted by Crippen LogP contribution is -2.13. The van der Waals surface area contributed by atoms with E-state index in [4.69, 9.17) is 10.5 Å². The molecule has 0 radical (unpaired) electrons. The van der Waals surface area contributed by atoms with Gasteiger partial charge in [-0.15, -0.1) is 0 Å². The number of ether oxygens (including phenoxy) is 1. The predicted octanol–water partition coefficient (Wildman–Crippen LogP) is 8.55. The Morgan fingerprint density at radius 2 is 1.75 bits per heavy atom. The van der Waals surface area contributed by atoms with Crippen LogP contribution in [0.5, 0.6) is 11.6 Å². The number of rotatable bonds is 10. The van der Waals surface area contributed by atoms with Crippen LogP contribution in [-0.2, 0) is 0 Å². The van der Waals surface area contributed by atoms with E-state index in [0.29, 0.717) is 16.9 Å². The number of carbonyl (C=O) groups is 1. The van der Waals surface area contributed by atoms with Gasteiger partial charge in [0.1, 0.15) is 5.82 Å². The lowest BCUT2D eigenvalue weighted by Gasteiger charge is -2.21. The number of carbonyl (C=O) groups excluding carboxylic acids is 1. The number of anilines is 2. The number of fused-ring (bicyclic) bond motifs is 1. The van der Waals surface area contributed by atoms with Crippen LogP contribution < -0.4 is 14.8 Å². The standard InChI is InChI=1S/C28H26F2N6O2S.C5H12/c1-5-35(39-4)23-12-21-17(9-15(23)2)11-22(34-21)26(37)18-13-33-36(28(18)31)24-14-32-25(10-16(24)3)38-27-19(29)7-6-8-20(27)30;1-3-5-4-2/h6-14,34H,5,31H2,1-4H3;3-5H2,1-2H3. The molecule has 5 rings (SSSR count). The van der Waals surface area contributed by atoms with Crippen molar-refractivity contribution in [2.45, 2.75) is 53.9 Å². The number of benzene rings is 2. The lowest BCUT2D eigenvalue weighted by molar-refractivity contribution is 0.103. The molecule has 3 N–H and O–H groups in total. The third-order valence-corrected chi connectivity index (χ3v) is 8.02. The number of para-hydroxylation sites is 1. The summed E-state index contributed by atoms with van der Waals surface area (Å²) in [6.07, 6.45) is 8.93. The van der Waals surface area contributed by atoms with Gasteiger partial charge >= 0.3 is 0 Å². The number of ketones is 1. The zero-order valence-electron chi connectivity index (χ0n) is 25.9. The molecular weight excluding hydrogens is 582 g/mol. The second-order valence-corrected chi connectivity index (χ2v) is 11.1. The number of pyridine rings is 1. The van der Waals surface area contributed by atoms with Crippen molar-refractivity contribution in [1.29, 1.82) is 0 Å². The summed E-state index contributed by atoms with van der Waals surface area (Å²) in [7, 11) is 0. The fraction of sp³-hybridized carbons (Fsp3) is 0.303. The number of hydrogen-bond acceptors (Lipinski definition) is 7. The van der Waals surface area contributed by atoms with Gasteiger partial charge in [0, 0.05) is 29.8 Å². The van der Waals surface area contributed by atoms with Gasteiger partial charge in [0.05, 0.1) is 35.0 Å². The molecule has 8 nitrogen and oxygen atoms in total. The van der Waals surface area contributed by atoms with Gasteiger partial charge in [-0.25, -0.2) is 18.4 Å². The van der Waals surface area contributed by atoms with Crippen LogP contribution in [0.25, 0.3) is 16.6 Å². The highest BCUT2D eigenvalue weighted by atomic mass is 32.2. The summed E-state index contributed by atoms with van der Waals surface area (Å²) in [5.74, 6) is -2.39. The van der Waals surface area contributed by atoms with Gasteiger partial charge in [0.25, 0.3) is 0 Å². The first-order valence-corrected chi connectivity index (χ1v) is 15.7. The minimum Gasteiger partial charge on any atom is -0.433 e. The maximum absolute atomic E-state index is 14.0. The molecule has 0 aliphatic carbocycles. The van der Waals surface area contributed by atoms with Crippen molar-refractivity contribution in [3.63, 3.8) is 0 Å². The van der Waals surface area contributed by atoms with Gasteiger partial charge in [0.2, 0.25) is 17.4 Å². The number of unbranched alkanes of at least 4 members (excludes halogenated alkanes) is 2. The number of aryl methyl sites for hydroxylation is 2. The van der Waals surface area contributed by atoms with Crippen LogP contribution in [0, 0.1) is 25.5 Å². The molecule has 0 spiro atoms. The van der Waals surface area contributed by atoms with Crippen LogP contribution >= 0.6 is 11.9 Å². The van der Waals surface area contributed by atoms with Crippen molar-refractivity contribution in [3.05, 3.63) is 88.9 Å². The SMILES string of the molecule is CCCCC.CCN(SC)c1cc2[nH]c(C(=O)c3cnn(-c4cnc(Oc5c(F)cccc5F)cc4C)c3N)cc2cc1C. The molecule has 0 aliphatic rings. The molecule has 3 heterocycles. The van der Waals surface area contributed by atoms with Crippen LogP contribution in [0.3, 0.4) is 0 Å². The van der Waals surface area contributed by atoms with E-state index in [1.54, 1.807) is 24.9 Å². The summed E-state index contributed by atoms with van der Waals surface area (Å²) >= 11 is 1.64. The molecule has 3 aromatic heterocycles. The van der Waals surface area contributed by atoms with Gasteiger partial charge in [0.15, 0.2) is 11.6 Å². The molecule has 0 atom stereocenters. The largest absolute Gasteiger partial charge is 0.433 e. The maximum atomic E-state index is 14.0. The van der Waals surface area contributed by atoms with Crippen molar-refractivity contribution >= 4 is 40.1 Å². The molecule has 0 unspecified atom stereocenters. The van der Waals surface area contributed by atoms with E-state index in [9.17, 15) is 13.6 Å². The molecule has 0 amide bonds. The average molecular weight is 621 g/mol. The number of halogens is 2. The minimum absolute atomic E-state index is 0.00173. The van der Waals surface area contributed by atoms with E-state index < -0.39 is 17.4 Å². The van der Waals surface area contributed by atoms with Gasteiger partial charge in [-0.1, -0.05) is 51.1 Å². The Bertz CT molecular complexity index is 1740. The molecule has 0 aliphatic heterocycles. The number of nitrogens with two attached hydrogens (primary N) is 1. The van der Waals surface area contributed by atoms with Crippen LogP contribution in [0.2, 0.25) is 0 Å². The van der Waals surface area contributed by atoms with E-state index in [1.807, 2.05) is 19.2 Å². The molecule has 0 saturated heterocycles. The monoisotopic (exact) mass is 620 g/mol. The zero-order valence-corrected chi connectivity index (χ0v) is 26.7. The Morgan fingerprint density at radius 3 is 2.34 bits per heavy atom. The van der Waals surface area contributed by atoms with Crippen LogP contribution in [-0.4, -0.2) is 38.3 Å². The Hall–Kier alpha value is -4.38. The van der Waals surface area contributed by atoms with E-state index in [-0.39, 0.29) is 23.0 Å². The summed E-state index contributed by atoms with van der Waals surface area (Å²) < 4.78 is 36.8. The number of aromatic nitrogens is 4. The molecule has 232 valence electrons. The molecule has 0 bridgehead atoms. The quantitative estimate of drug-likeness (QED) is 0.119. The normalized spacial score (nSPS) is 10.9. The number of hydrogen-bond donors (Lipinski definition) is 2. The van der Waals surface area contributed by atoms with Crippen molar-refractivity contribution in [2.24, 2.45) is 0 Å². The Labute approximate surface area is 260 Å². The Balaban J connectivity index is 0.000000818. The van der Waals surface area contributed by atoms with Gasteiger partial charge in [-0.3, -0.25) is 4.79 Å². The smallest absolute Gasteiger partial charge is 0.219 e. The third-order valence-electron chi connectivity index (χ3n) is 7.13. The Kier molecular flexibility index (Phi) is 10.6. The summed E-state index contributed by atoms with van der Waals surface area (Å²) in [5.41, 5.74) is 11.1. The minimum atomic E-state index is -0.840. The van der Waals surface area contributed by atoms with E-state index in [2.05, 4.69) is 46.2 Å². The first-order valence-electron chi connectivity index (χ1n) is 14.5. The van der Waals surface area contributed by atoms with Crippen LogP contribution in [0.4, 0.5) is 20.3 Å². The first kappa shape index (κ1) is 32.5. The summed E-state index contributed by atoms with van der Waals surface area (Å²) in [6, 6.07) is 10.9. The zero-order chi connectivity index (χ0) is 32.0. The molecule has 44 heavy (non-hydrogen) atoms. The summed E-state index contributed by atoms with van der Waals surface area (Å²) in [5, 5.41) is 5.23.